The van der Waals surface area contributed by atoms with Gasteiger partial charge in [0.25, 0.3) is 0 Å². The molecule has 1 aliphatic rings. The Bertz CT molecular complexity index is 412. The average Bonchev–Trinajstić information content (AvgIpc) is 2.37. The van der Waals surface area contributed by atoms with Gasteiger partial charge in [-0.2, -0.15) is 0 Å². The number of carbonyl (C=O) groups excluding carboxylic acids is 1. The molecule has 1 aromatic rings. The van der Waals surface area contributed by atoms with E-state index in [1.54, 1.807) is 6.92 Å². The van der Waals surface area contributed by atoms with Gasteiger partial charge < -0.3 is 9.47 Å². The second-order valence-electron chi connectivity index (χ2n) is 4.42. The van der Waals surface area contributed by atoms with Crippen molar-refractivity contribution in [2.45, 2.75) is 38.7 Å². The van der Waals surface area contributed by atoms with E-state index < -0.39 is 6.10 Å². The summed E-state index contributed by atoms with van der Waals surface area (Å²) >= 11 is 0. The minimum atomic E-state index is -0.554. The van der Waals surface area contributed by atoms with Crippen molar-refractivity contribution >= 4 is 5.97 Å². The van der Waals surface area contributed by atoms with E-state index in [9.17, 15) is 4.79 Å². The minimum Gasteiger partial charge on any atom is -0.479 e. The number of rotatable bonds is 3. The summed E-state index contributed by atoms with van der Waals surface area (Å²) in [6, 6.07) is 6.09. The van der Waals surface area contributed by atoms with Crippen LogP contribution in [0.4, 0.5) is 0 Å². The van der Waals surface area contributed by atoms with Crippen LogP contribution in [-0.2, 0) is 22.4 Å². The molecule has 0 unspecified atom stereocenters. The SMILES string of the molecule is COC(=O)[C@@H](C)Oc1ccc2c(c1)CCCC2. The van der Waals surface area contributed by atoms with Gasteiger partial charge in [0.2, 0.25) is 0 Å². The van der Waals surface area contributed by atoms with Crippen molar-refractivity contribution < 1.29 is 14.3 Å². The van der Waals surface area contributed by atoms with Gasteiger partial charge in [-0.05, 0) is 55.9 Å². The van der Waals surface area contributed by atoms with E-state index in [4.69, 9.17) is 4.74 Å². The zero-order valence-electron chi connectivity index (χ0n) is 10.4. The van der Waals surface area contributed by atoms with Crippen LogP contribution in [-0.4, -0.2) is 19.2 Å². The Kier molecular flexibility index (Phi) is 3.67. The second kappa shape index (κ2) is 5.21. The van der Waals surface area contributed by atoms with Crippen LogP contribution in [0.25, 0.3) is 0 Å². The molecule has 3 nitrogen and oxygen atoms in total. The van der Waals surface area contributed by atoms with Crippen molar-refractivity contribution in [1.82, 2.24) is 0 Å². The highest BCUT2D eigenvalue weighted by atomic mass is 16.6. The third kappa shape index (κ3) is 2.78. The van der Waals surface area contributed by atoms with Crippen molar-refractivity contribution in [2.75, 3.05) is 7.11 Å². The molecule has 0 saturated heterocycles. The Labute approximate surface area is 102 Å². The van der Waals surface area contributed by atoms with Gasteiger partial charge in [0.05, 0.1) is 7.11 Å². The molecular weight excluding hydrogens is 216 g/mol. The van der Waals surface area contributed by atoms with Gasteiger partial charge in [0.15, 0.2) is 6.10 Å². The Hall–Kier alpha value is -1.51. The van der Waals surface area contributed by atoms with Crippen molar-refractivity contribution in [3.05, 3.63) is 29.3 Å². The average molecular weight is 234 g/mol. The monoisotopic (exact) mass is 234 g/mol. The molecule has 0 N–H and O–H groups in total. The molecule has 0 spiro atoms. The number of carbonyl (C=O) groups is 1. The van der Waals surface area contributed by atoms with Gasteiger partial charge in [0, 0.05) is 0 Å². The summed E-state index contributed by atoms with van der Waals surface area (Å²) in [5.41, 5.74) is 2.76. The number of hydrogen-bond acceptors (Lipinski definition) is 3. The van der Waals surface area contributed by atoms with Crippen molar-refractivity contribution in [3.63, 3.8) is 0 Å². The van der Waals surface area contributed by atoms with Crippen LogP contribution >= 0.6 is 0 Å². The second-order valence-corrected chi connectivity index (χ2v) is 4.42. The van der Waals surface area contributed by atoms with E-state index in [-0.39, 0.29) is 5.97 Å². The lowest BCUT2D eigenvalue weighted by molar-refractivity contribution is -0.147. The van der Waals surface area contributed by atoms with E-state index in [1.165, 1.54) is 31.1 Å². The molecule has 17 heavy (non-hydrogen) atoms. The lowest BCUT2D eigenvalue weighted by atomic mass is 9.92. The fourth-order valence-corrected chi connectivity index (χ4v) is 2.20. The molecule has 0 saturated carbocycles. The third-order valence-electron chi connectivity index (χ3n) is 3.17. The van der Waals surface area contributed by atoms with E-state index in [0.717, 1.165) is 18.6 Å². The molecule has 1 aliphatic carbocycles. The molecule has 2 rings (SSSR count). The molecule has 0 amide bonds. The molecule has 0 aliphatic heterocycles. The largest absolute Gasteiger partial charge is 0.479 e. The highest BCUT2D eigenvalue weighted by Crippen LogP contribution is 2.25. The van der Waals surface area contributed by atoms with E-state index in [2.05, 4.69) is 10.8 Å². The Morgan fingerprint density at radius 3 is 2.65 bits per heavy atom. The van der Waals surface area contributed by atoms with Gasteiger partial charge in [-0.25, -0.2) is 4.79 Å². The maximum Gasteiger partial charge on any atom is 0.346 e. The van der Waals surface area contributed by atoms with Gasteiger partial charge in [0.1, 0.15) is 5.75 Å². The summed E-state index contributed by atoms with van der Waals surface area (Å²) in [7, 11) is 1.37. The minimum absolute atomic E-state index is 0.345. The van der Waals surface area contributed by atoms with Crippen LogP contribution in [0.15, 0.2) is 18.2 Å². The van der Waals surface area contributed by atoms with Crippen LogP contribution in [0.1, 0.15) is 30.9 Å². The van der Waals surface area contributed by atoms with Crippen LogP contribution in [0, 0.1) is 0 Å². The van der Waals surface area contributed by atoms with Gasteiger partial charge in [-0.1, -0.05) is 6.07 Å². The number of esters is 1. The van der Waals surface area contributed by atoms with E-state index in [0.29, 0.717) is 0 Å². The summed E-state index contributed by atoms with van der Waals surface area (Å²) in [4.78, 5) is 11.3. The first kappa shape index (κ1) is 12.0. The molecular formula is C14H18O3. The Balaban J connectivity index is 2.09. The topological polar surface area (TPSA) is 35.5 Å². The fraction of sp³-hybridized carbons (Fsp3) is 0.500. The number of methoxy groups -OCH3 is 1. The van der Waals surface area contributed by atoms with E-state index in [1.807, 2.05) is 12.1 Å². The summed E-state index contributed by atoms with van der Waals surface area (Å²) in [6.45, 7) is 1.70. The number of ether oxygens (including phenoxy) is 2. The van der Waals surface area contributed by atoms with Gasteiger partial charge >= 0.3 is 5.97 Å². The summed E-state index contributed by atoms with van der Waals surface area (Å²) in [5, 5.41) is 0. The zero-order chi connectivity index (χ0) is 12.3. The standard InChI is InChI=1S/C14H18O3/c1-10(14(15)16-2)17-13-8-7-11-5-3-4-6-12(11)9-13/h7-10H,3-6H2,1-2H3/t10-/m1/s1. The van der Waals surface area contributed by atoms with Crippen LogP contribution in [0.2, 0.25) is 0 Å². The van der Waals surface area contributed by atoms with Crippen LogP contribution < -0.4 is 4.74 Å². The molecule has 0 bridgehead atoms. The van der Waals surface area contributed by atoms with Crippen molar-refractivity contribution in [1.29, 1.82) is 0 Å². The molecule has 0 heterocycles. The molecule has 0 fully saturated rings. The first-order valence-corrected chi connectivity index (χ1v) is 6.07. The van der Waals surface area contributed by atoms with Gasteiger partial charge in [-0.15, -0.1) is 0 Å². The maximum absolute atomic E-state index is 11.3. The molecule has 1 atom stereocenters. The summed E-state index contributed by atoms with van der Waals surface area (Å²) < 4.78 is 10.2. The molecule has 0 radical (unpaired) electrons. The highest BCUT2D eigenvalue weighted by Gasteiger charge is 2.16. The van der Waals surface area contributed by atoms with Gasteiger partial charge in [-0.3, -0.25) is 0 Å². The quantitative estimate of drug-likeness (QED) is 0.754. The highest BCUT2D eigenvalue weighted by molar-refractivity contribution is 5.74. The normalized spacial score (nSPS) is 15.9. The maximum atomic E-state index is 11.3. The predicted molar refractivity (Wildman–Crippen MR) is 65.2 cm³/mol. The van der Waals surface area contributed by atoms with Crippen molar-refractivity contribution in [2.24, 2.45) is 0 Å². The first-order chi connectivity index (χ1) is 8.20. The summed E-state index contributed by atoms with van der Waals surface area (Å²) in [6.07, 6.45) is 4.22. The molecule has 3 heteroatoms. The molecule has 0 aromatic heterocycles. The summed E-state index contributed by atoms with van der Waals surface area (Å²) in [5.74, 6) is 0.409. The lowest BCUT2D eigenvalue weighted by Gasteiger charge is -2.18. The number of benzene rings is 1. The fourth-order valence-electron chi connectivity index (χ4n) is 2.20. The molecule has 92 valence electrons. The van der Waals surface area contributed by atoms with Crippen LogP contribution in [0.5, 0.6) is 5.75 Å². The third-order valence-corrected chi connectivity index (χ3v) is 3.17. The Morgan fingerprint density at radius 1 is 1.24 bits per heavy atom. The van der Waals surface area contributed by atoms with Crippen LogP contribution in [0.3, 0.4) is 0 Å². The smallest absolute Gasteiger partial charge is 0.346 e. The Morgan fingerprint density at radius 2 is 1.94 bits per heavy atom. The molecule has 1 aromatic carbocycles. The number of hydrogen-bond donors (Lipinski definition) is 0. The van der Waals surface area contributed by atoms with E-state index >= 15 is 0 Å². The predicted octanol–water partition coefficient (Wildman–Crippen LogP) is 2.51. The lowest BCUT2D eigenvalue weighted by Crippen LogP contribution is -2.25. The van der Waals surface area contributed by atoms with Crippen molar-refractivity contribution in [3.8, 4) is 5.75 Å². The first-order valence-electron chi connectivity index (χ1n) is 6.07. The number of aryl methyl sites for hydroxylation is 2. The zero-order valence-corrected chi connectivity index (χ0v) is 10.4. The number of fused-ring (bicyclic) bond motifs is 1.